The van der Waals surface area contributed by atoms with Crippen LogP contribution in [0.15, 0.2) is 25.7 Å². The number of nitrogens with zero attached hydrogens (tertiary/aromatic N) is 3. The van der Waals surface area contributed by atoms with E-state index >= 15 is 0 Å². The van der Waals surface area contributed by atoms with Crippen LogP contribution >= 0.6 is 31.9 Å². The molecule has 0 aliphatic heterocycles. The fraction of sp³-hybridized carbons (Fsp3) is 0.200. The Labute approximate surface area is 114 Å². The monoisotopic (exact) mass is 359 g/mol. The lowest BCUT2D eigenvalue weighted by atomic mass is 10.3. The zero-order chi connectivity index (χ0) is 12.4. The van der Waals surface area contributed by atoms with Gasteiger partial charge >= 0.3 is 0 Å². The predicted molar refractivity (Wildman–Crippen MR) is 67.3 cm³/mol. The van der Waals surface area contributed by atoms with Gasteiger partial charge in [0.2, 0.25) is 11.7 Å². The predicted octanol–water partition coefficient (Wildman–Crippen LogP) is 2.79. The van der Waals surface area contributed by atoms with Crippen molar-refractivity contribution in [1.82, 2.24) is 15.1 Å². The van der Waals surface area contributed by atoms with Crippen molar-refractivity contribution in [1.29, 1.82) is 0 Å². The topological polar surface area (TPSA) is 68.9 Å². The van der Waals surface area contributed by atoms with Crippen LogP contribution in [0.1, 0.15) is 12.8 Å². The average Bonchev–Trinajstić information content (AvgIpc) is 2.65. The highest BCUT2D eigenvalue weighted by molar-refractivity contribution is 9.11. The Kier molecular flexibility index (Phi) is 3.68. The van der Waals surface area contributed by atoms with E-state index in [1.165, 1.54) is 6.92 Å². The van der Waals surface area contributed by atoms with Crippen molar-refractivity contribution in [3.8, 4) is 11.5 Å². The van der Waals surface area contributed by atoms with E-state index in [-0.39, 0.29) is 12.2 Å². The number of hydrogen-bond acceptors (Lipinski definition) is 5. The van der Waals surface area contributed by atoms with E-state index in [0.29, 0.717) is 17.4 Å². The molecule has 0 aliphatic rings. The third-order valence-corrected chi connectivity index (χ3v) is 2.93. The Morgan fingerprint density at radius 3 is 2.88 bits per heavy atom. The molecule has 7 heteroatoms. The first-order valence-electron chi connectivity index (χ1n) is 4.69. The van der Waals surface area contributed by atoms with E-state index in [2.05, 4.69) is 47.0 Å². The quantitative estimate of drug-likeness (QED) is 0.841. The second kappa shape index (κ2) is 5.05. The number of pyridine rings is 1. The summed E-state index contributed by atoms with van der Waals surface area (Å²) in [5.74, 6) is 0.632. The zero-order valence-corrected chi connectivity index (χ0v) is 11.9. The molecule has 0 aliphatic carbocycles. The molecule has 2 rings (SSSR count). The van der Waals surface area contributed by atoms with Crippen LogP contribution in [0, 0.1) is 0 Å². The highest BCUT2D eigenvalue weighted by Gasteiger charge is 2.14. The summed E-state index contributed by atoms with van der Waals surface area (Å²) in [4.78, 5) is 19.2. The molecule has 0 saturated carbocycles. The number of halogens is 2. The molecule has 0 bridgehead atoms. The number of hydrogen-bond donors (Lipinski definition) is 0. The molecule has 0 atom stereocenters. The Balaban J connectivity index is 2.33. The van der Waals surface area contributed by atoms with E-state index in [1.807, 2.05) is 6.07 Å². The minimum Gasteiger partial charge on any atom is -0.338 e. The number of aromatic nitrogens is 3. The standard InChI is InChI=1S/C10H7Br2N3O2/c1-5(16)2-8-14-10(15-17-8)9-7(12)3-6(11)4-13-9/h3-4H,2H2,1H3. The van der Waals surface area contributed by atoms with Gasteiger partial charge in [-0.05, 0) is 44.8 Å². The summed E-state index contributed by atoms with van der Waals surface area (Å²) in [7, 11) is 0. The summed E-state index contributed by atoms with van der Waals surface area (Å²) >= 11 is 6.67. The summed E-state index contributed by atoms with van der Waals surface area (Å²) in [6.07, 6.45) is 1.78. The van der Waals surface area contributed by atoms with E-state index < -0.39 is 0 Å². The number of Topliss-reactive ketones (excluding diaryl/α,β-unsaturated/α-hetero) is 1. The summed E-state index contributed by atoms with van der Waals surface area (Å²) in [6, 6.07) is 1.84. The van der Waals surface area contributed by atoms with Crippen molar-refractivity contribution in [2.24, 2.45) is 0 Å². The maximum Gasteiger partial charge on any atom is 0.234 e. The van der Waals surface area contributed by atoms with Crippen LogP contribution < -0.4 is 0 Å². The summed E-state index contributed by atoms with van der Waals surface area (Å²) in [5, 5.41) is 3.78. The molecule has 0 aromatic carbocycles. The zero-order valence-electron chi connectivity index (χ0n) is 8.78. The van der Waals surface area contributed by atoms with Gasteiger partial charge in [-0.3, -0.25) is 9.78 Å². The maximum absolute atomic E-state index is 10.9. The average molecular weight is 361 g/mol. The van der Waals surface area contributed by atoms with Crippen molar-refractivity contribution in [3.05, 3.63) is 27.1 Å². The largest absolute Gasteiger partial charge is 0.338 e. The van der Waals surface area contributed by atoms with Gasteiger partial charge in [-0.1, -0.05) is 5.16 Å². The van der Waals surface area contributed by atoms with Gasteiger partial charge in [-0.25, -0.2) is 0 Å². The second-order valence-corrected chi connectivity index (χ2v) is 5.14. The first-order chi connectivity index (χ1) is 8.06. The Bertz CT molecular complexity index is 568. The summed E-state index contributed by atoms with van der Waals surface area (Å²) < 4.78 is 6.56. The number of rotatable bonds is 3. The van der Waals surface area contributed by atoms with Gasteiger partial charge in [0.05, 0.1) is 6.42 Å². The fourth-order valence-corrected chi connectivity index (χ4v) is 2.38. The molecule has 0 fully saturated rings. The van der Waals surface area contributed by atoms with Crippen LogP contribution in [0.5, 0.6) is 0 Å². The summed E-state index contributed by atoms with van der Waals surface area (Å²) in [5.41, 5.74) is 0.576. The molecule has 2 heterocycles. The first kappa shape index (κ1) is 12.4. The Morgan fingerprint density at radius 1 is 1.47 bits per heavy atom. The van der Waals surface area contributed by atoms with Gasteiger partial charge in [-0.2, -0.15) is 4.98 Å². The molecular formula is C10H7Br2N3O2. The number of ketones is 1. The molecule has 88 valence electrons. The normalized spacial score (nSPS) is 10.5. The van der Waals surface area contributed by atoms with Gasteiger partial charge in [0.1, 0.15) is 11.5 Å². The lowest BCUT2D eigenvalue weighted by Gasteiger charge is -1.97. The van der Waals surface area contributed by atoms with Crippen LogP contribution in [-0.2, 0) is 11.2 Å². The van der Waals surface area contributed by atoms with Crippen LogP contribution in [0.3, 0.4) is 0 Å². The van der Waals surface area contributed by atoms with Crippen molar-refractivity contribution in [2.45, 2.75) is 13.3 Å². The van der Waals surface area contributed by atoms with E-state index in [4.69, 9.17) is 4.52 Å². The molecule has 17 heavy (non-hydrogen) atoms. The van der Waals surface area contributed by atoms with E-state index in [9.17, 15) is 4.79 Å². The smallest absolute Gasteiger partial charge is 0.234 e. The van der Waals surface area contributed by atoms with E-state index in [0.717, 1.165) is 8.95 Å². The van der Waals surface area contributed by atoms with Gasteiger partial charge in [0, 0.05) is 15.1 Å². The van der Waals surface area contributed by atoms with Crippen LogP contribution in [-0.4, -0.2) is 20.9 Å². The molecule has 2 aromatic rings. The third kappa shape index (κ3) is 2.98. The van der Waals surface area contributed by atoms with Gasteiger partial charge in [-0.15, -0.1) is 0 Å². The molecule has 0 spiro atoms. The Hall–Kier alpha value is -1.08. The van der Waals surface area contributed by atoms with Crippen molar-refractivity contribution >= 4 is 37.6 Å². The first-order valence-corrected chi connectivity index (χ1v) is 6.28. The number of carbonyl (C=O) groups excluding carboxylic acids is 1. The fourth-order valence-electron chi connectivity index (χ4n) is 1.21. The molecule has 0 radical (unpaired) electrons. The highest BCUT2D eigenvalue weighted by Crippen LogP contribution is 2.26. The van der Waals surface area contributed by atoms with Gasteiger partial charge in [0.15, 0.2) is 0 Å². The second-order valence-electron chi connectivity index (χ2n) is 3.37. The van der Waals surface area contributed by atoms with Crippen molar-refractivity contribution in [2.75, 3.05) is 0 Å². The lowest BCUT2D eigenvalue weighted by molar-refractivity contribution is -0.116. The molecule has 0 amide bonds. The molecule has 0 saturated heterocycles. The molecule has 2 aromatic heterocycles. The van der Waals surface area contributed by atoms with Crippen molar-refractivity contribution < 1.29 is 9.32 Å². The molecule has 0 N–H and O–H groups in total. The molecular weight excluding hydrogens is 354 g/mol. The van der Waals surface area contributed by atoms with Crippen LogP contribution in [0.4, 0.5) is 0 Å². The molecule has 5 nitrogen and oxygen atoms in total. The maximum atomic E-state index is 10.9. The summed E-state index contributed by atoms with van der Waals surface area (Å²) in [6.45, 7) is 1.47. The van der Waals surface area contributed by atoms with Crippen LogP contribution in [0.25, 0.3) is 11.5 Å². The Morgan fingerprint density at radius 2 is 2.24 bits per heavy atom. The van der Waals surface area contributed by atoms with Crippen molar-refractivity contribution in [3.63, 3.8) is 0 Å². The molecule has 0 unspecified atom stereocenters. The van der Waals surface area contributed by atoms with Crippen LogP contribution in [0.2, 0.25) is 0 Å². The van der Waals surface area contributed by atoms with Gasteiger partial charge in [0.25, 0.3) is 0 Å². The lowest BCUT2D eigenvalue weighted by Crippen LogP contribution is -1.96. The minimum absolute atomic E-state index is 0.0250. The minimum atomic E-state index is -0.0250. The SMILES string of the molecule is CC(=O)Cc1nc(-c2ncc(Br)cc2Br)no1. The highest BCUT2D eigenvalue weighted by atomic mass is 79.9. The number of carbonyl (C=O) groups is 1. The van der Waals surface area contributed by atoms with E-state index in [1.54, 1.807) is 6.20 Å². The van der Waals surface area contributed by atoms with Gasteiger partial charge < -0.3 is 4.52 Å². The third-order valence-electron chi connectivity index (χ3n) is 1.89.